The van der Waals surface area contributed by atoms with Gasteiger partial charge >= 0.3 is 6.18 Å². The predicted molar refractivity (Wildman–Crippen MR) is 97.8 cm³/mol. The average molecular weight is 404 g/mol. The molecule has 0 bridgehead atoms. The maximum Gasteiger partial charge on any atom is 0.417 e. The van der Waals surface area contributed by atoms with E-state index < -0.39 is 23.8 Å². The van der Waals surface area contributed by atoms with E-state index in [1.165, 1.54) is 4.90 Å². The van der Waals surface area contributed by atoms with Crippen molar-refractivity contribution in [3.05, 3.63) is 53.7 Å². The largest absolute Gasteiger partial charge is 0.439 e. The summed E-state index contributed by atoms with van der Waals surface area (Å²) in [6, 6.07) is 9.68. The second-order valence-electron chi connectivity index (χ2n) is 6.76. The monoisotopic (exact) mass is 404 g/mol. The molecular weight excluding hydrogens is 385 g/mol. The molecule has 1 unspecified atom stereocenters. The molecule has 9 heteroatoms. The minimum absolute atomic E-state index is 0.0363. The Kier molecular flexibility index (Phi) is 6.03. The second kappa shape index (κ2) is 8.49. The number of halogens is 3. The molecule has 2 aromatic rings. The maximum absolute atomic E-state index is 12.6. The third-order valence-electron chi connectivity index (χ3n) is 4.67. The molecule has 152 valence electrons. The summed E-state index contributed by atoms with van der Waals surface area (Å²) in [7, 11) is 0. The first-order valence-corrected chi connectivity index (χ1v) is 9.03. The van der Waals surface area contributed by atoms with E-state index in [-0.39, 0.29) is 11.8 Å². The molecule has 6 nitrogen and oxygen atoms in total. The fourth-order valence-corrected chi connectivity index (χ4v) is 3.14. The van der Waals surface area contributed by atoms with Crippen molar-refractivity contribution in [2.45, 2.75) is 37.5 Å². The van der Waals surface area contributed by atoms with Gasteiger partial charge < -0.3 is 15.4 Å². The molecule has 0 aliphatic carbocycles. The Bertz CT molecular complexity index is 892. The first-order chi connectivity index (χ1) is 13.8. The molecular formula is C20H19F3N4O2. The Labute approximate surface area is 165 Å². The van der Waals surface area contributed by atoms with Gasteiger partial charge in [-0.3, -0.25) is 4.79 Å². The van der Waals surface area contributed by atoms with E-state index in [2.05, 4.69) is 11.1 Å². The lowest BCUT2D eigenvalue weighted by atomic mass is 10.1. The van der Waals surface area contributed by atoms with Crippen LogP contribution in [0.5, 0.6) is 11.6 Å². The molecule has 2 heterocycles. The van der Waals surface area contributed by atoms with Crippen molar-refractivity contribution < 1.29 is 22.7 Å². The van der Waals surface area contributed by atoms with Crippen molar-refractivity contribution in [1.82, 2.24) is 9.88 Å². The Hall–Kier alpha value is -3.12. The molecule has 1 fully saturated rings. The fourth-order valence-electron chi connectivity index (χ4n) is 3.14. The number of nitrogens with zero attached hydrogens (tertiary/aromatic N) is 3. The van der Waals surface area contributed by atoms with Gasteiger partial charge in [-0.05, 0) is 43.0 Å². The van der Waals surface area contributed by atoms with Gasteiger partial charge in [0.1, 0.15) is 11.8 Å². The van der Waals surface area contributed by atoms with Gasteiger partial charge in [-0.1, -0.05) is 12.1 Å². The molecule has 2 atom stereocenters. The van der Waals surface area contributed by atoms with Gasteiger partial charge in [-0.25, -0.2) is 4.98 Å². The van der Waals surface area contributed by atoms with Crippen molar-refractivity contribution in [2.75, 3.05) is 6.54 Å². The number of alkyl halides is 3. The minimum atomic E-state index is -4.45. The van der Waals surface area contributed by atoms with Gasteiger partial charge in [-0.15, -0.1) is 0 Å². The summed E-state index contributed by atoms with van der Waals surface area (Å²) < 4.78 is 43.1. The third-order valence-corrected chi connectivity index (χ3v) is 4.67. The summed E-state index contributed by atoms with van der Waals surface area (Å²) in [5, 5.41) is 9.10. The highest BCUT2D eigenvalue weighted by molar-refractivity contribution is 5.82. The number of hydrogen-bond acceptors (Lipinski definition) is 5. The van der Waals surface area contributed by atoms with Crippen LogP contribution in [-0.2, 0) is 17.4 Å². The molecule has 3 rings (SSSR count). The van der Waals surface area contributed by atoms with Crippen LogP contribution in [0, 0.1) is 11.3 Å². The van der Waals surface area contributed by atoms with Gasteiger partial charge in [0.25, 0.3) is 0 Å². The van der Waals surface area contributed by atoms with E-state index in [9.17, 15) is 18.0 Å². The smallest absolute Gasteiger partial charge is 0.417 e. The zero-order valence-electron chi connectivity index (χ0n) is 15.4. The summed E-state index contributed by atoms with van der Waals surface area (Å²) in [4.78, 5) is 17.6. The van der Waals surface area contributed by atoms with E-state index >= 15 is 0 Å². The molecule has 1 saturated heterocycles. The van der Waals surface area contributed by atoms with Crippen LogP contribution in [0.1, 0.15) is 24.0 Å². The Morgan fingerprint density at radius 3 is 2.62 bits per heavy atom. The lowest BCUT2D eigenvalue weighted by Gasteiger charge is -2.23. The number of hydrogen-bond donors (Lipinski definition) is 1. The van der Waals surface area contributed by atoms with Crippen LogP contribution in [0.4, 0.5) is 13.2 Å². The van der Waals surface area contributed by atoms with Crippen LogP contribution in [0.25, 0.3) is 0 Å². The Morgan fingerprint density at radius 2 is 2.03 bits per heavy atom. The lowest BCUT2D eigenvalue weighted by molar-refractivity contribution is -0.138. The fraction of sp³-hybridized carbons (Fsp3) is 0.350. The molecule has 0 radical (unpaired) electrons. The molecule has 0 saturated carbocycles. The average Bonchev–Trinajstić information content (AvgIpc) is 3.17. The number of benzene rings is 1. The zero-order chi connectivity index (χ0) is 21.0. The SMILES string of the molecule is N#C[C@@H]1CCCN1C(=O)C(N)Cc1ccc(Oc2ccc(C(F)(F)F)cn2)cc1. The van der Waals surface area contributed by atoms with Gasteiger partial charge in [0.05, 0.1) is 17.7 Å². The third kappa shape index (κ3) is 5.03. The van der Waals surface area contributed by atoms with Crippen LogP contribution >= 0.6 is 0 Å². The number of aromatic nitrogens is 1. The number of nitriles is 1. The van der Waals surface area contributed by atoms with E-state index in [0.29, 0.717) is 31.3 Å². The maximum atomic E-state index is 12.6. The van der Waals surface area contributed by atoms with Crippen molar-refractivity contribution in [1.29, 1.82) is 5.26 Å². The van der Waals surface area contributed by atoms with E-state index in [1.807, 2.05) is 0 Å². The molecule has 1 aromatic heterocycles. The summed E-state index contributed by atoms with van der Waals surface area (Å²) >= 11 is 0. The van der Waals surface area contributed by atoms with E-state index in [1.54, 1.807) is 24.3 Å². The molecule has 1 aromatic carbocycles. The summed E-state index contributed by atoms with van der Waals surface area (Å²) in [6.07, 6.45) is -1.99. The quantitative estimate of drug-likeness (QED) is 0.826. The number of carbonyl (C=O) groups excluding carboxylic acids is 1. The lowest BCUT2D eigenvalue weighted by Crippen LogP contribution is -2.46. The van der Waals surface area contributed by atoms with Gasteiger partial charge in [-0.2, -0.15) is 18.4 Å². The number of pyridine rings is 1. The molecule has 0 spiro atoms. The minimum Gasteiger partial charge on any atom is -0.439 e. The number of amides is 1. The highest BCUT2D eigenvalue weighted by Crippen LogP contribution is 2.30. The van der Waals surface area contributed by atoms with Crippen molar-refractivity contribution in [3.8, 4) is 17.7 Å². The zero-order valence-corrected chi connectivity index (χ0v) is 15.4. The standard InChI is InChI=1S/C20H19F3N4O2/c21-20(22,23)14-5-8-18(26-12-14)29-16-6-3-13(4-7-16)10-17(25)19(28)27-9-1-2-15(27)11-24/h3-8,12,15,17H,1-2,9-10,25H2/t15-,17?/m0/s1. The predicted octanol–water partition coefficient (Wildman–Crippen LogP) is 3.28. The highest BCUT2D eigenvalue weighted by Gasteiger charge is 2.32. The normalized spacial score (nSPS) is 17.6. The molecule has 2 N–H and O–H groups in total. The molecule has 1 aliphatic rings. The van der Waals surface area contributed by atoms with Crippen LogP contribution < -0.4 is 10.5 Å². The first kappa shape index (κ1) is 20.6. The van der Waals surface area contributed by atoms with Gasteiger partial charge in [0.2, 0.25) is 11.8 Å². The van der Waals surface area contributed by atoms with E-state index in [4.69, 9.17) is 15.7 Å². The topological polar surface area (TPSA) is 92.2 Å². The second-order valence-corrected chi connectivity index (χ2v) is 6.76. The number of nitrogens with two attached hydrogens (primary N) is 1. The molecule has 1 amide bonds. The molecule has 29 heavy (non-hydrogen) atoms. The van der Waals surface area contributed by atoms with Crippen LogP contribution in [0.2, 0.25) is 0 Å². The Morgan fingerprint density at radius 1 is 1.31 bits per heavy atom. The van der Waals surface area contributed by atoms with Crippen molar-refractivity contribution >= 4 is 5.91 Å². The van der Waals surface area contributed by atoms with E-state index in [0.717, 1.165) is 24.1 Å². The van der Waals surface area contributed by atoms with Gasteiger partial charge in [0, 0.05) is 18.8 Å². The number of ether oxygens (including phenoxy) is 1. The summed E-state index contributed by atoms with van der Waals surface area (Å²) in [6.45, 7) is 0.539. The van der Waals surface area contributed by atoms with Crippen LogP contribution in [0.3, 0.4) is 0 Å². The van der Waals surface area contributed by atoms with Crippen LogP contribution in [0.15, 0.2) is 42.6 Å². The summed E-state index contributed by atoms with van der Waals surface area (Å²) in [5.74, 6) is 0.183. The van der Waals surface area contributed by atoms with Crippen molar-refractivity contribution in [3.63, 3.8) is 0 Å². The first-order valence-electron chi connectivity index (χ1n) is 9.03. The Balaban J connectivity index is 1.58. The van der Waals surface area contributed by atoms with Crippen LogP contribution in [-0.4, -0.2) is 34.4 Å². The number of likely N-dealkylation sites (tertiary alicyclic amines) is 1. The molecule has 1 aliphatic heterocycles. The number of carbonyl (C=O) groups is 1. The number of rotatable bonds is 5. The summed E-state index contributed by atoms with van der Waals surface area (Å²) in [5.41, 5.74) is 5.97. The van der Waals surface area contributed by atoms with Crippen molar-refractivity contribution in [2.24, 2.45) is 5.73 Å². The van der Waals surface area contributed by atoms with Gasteiger partial charge in [0.15, 0.2) is 0 Å². The highest BCUT2D eigenvalue weighted by atomic mass is 19.4.